The van der Waals surface area contributed by atoms with Gasteiger partial charge in [-0.1, -0.05) is 11.3 Å². The van der Waals surface area contributed by atoms with Gasteiger partial charge in [-0.2, -0.15) is 4.73 Å². The molecule has 1 amide bonds. The fourth-order valence-electron chi connectivity index (χ4n) is 2.87. The Hall–Kier alpha value is -1.94. The van der Waals surface area contributed by atoms with E-state index in [2.05, 4.69) is 4.98 Å². The summed E-state index contributed by atoms with van der Waals surface area (Å²) < 4.78 is 38.5. The SMILES string of the molecule is CCN(C(=O)CCS(=O)CC1CC1(F)F)c1sc(-c2ccc[n+]([O-])c2)nc1C. The van der Waals surface area contributed by atoms with Crippen molar-refractivity contribution >= 4 is 33.0 Å². The average molecular weight is 430 g/mol. The number of amides is 1. The smallest absolute Gasteiger partial charge is 0.252 e. The molecule has 0 radical (unpaired) electrons. The van der Waals surface area contributed by atoms with Crippen molar-refractivity contribution in [3.63, 3.8) is 0 Å². The second-order valence-electron chi connectivity index (χ2n) is 6.72. The first-order valence-corrected chi connectivity index (χ1v) is 11.2. The van der Waals surface area contributed by atoms with Gasteiger partial charge in [0.25, 0.3) is 5.92 Å². The van der Waals surface area contributed by atoms with Crippen LogP contribution in [0.3, 0.4) is 0 Å². The van der Waals surface area contributed by atoms with E-state index >= 15 is 0 Å². The molecule has 1 saturated carbocycles. The minimum Gasteiger partial charge on any atom is -0.619 e. The van der Waals surface area contributed by atoms with E-state index in [0.717, 1.165) is 0 Å². The summed E-state index contributed by atoms with van der Waals surface area (Å²) in [6.45, 7) is 4.02. The molecule has 6 nitrogen and oxygen atoms in total. The van der Waals surface area contributed by atoms with Crippen LogP contribution in [0.2, 0.25) is 0 Å². The summed E-state index contributed by atoms with van der Waals surface area (Å²) in [5, 5.41) is 12.8. The lowest BCUT2D eigenvalue weighted by Gasteiger charge is -2.19. The zero-order valence-corrected chi connectivity index (χ0v) is 17.2. The van der Waals surface area contributed by atoms with E-state index in [1.807, 2.05) is 6.92 Å². The molecule has 10 heteroatoms. The van der Waals surface area contributed by atoms with E-state index in [0.29, 0.717) is 32.5 Å². The summed E-state index contributed by atoms with van der Waals surface area (Å²) in [6.07, 6.45) is 2.61. The average Bonchev–Trinajstić information content (AvgIpc) is 3.05. The second-order valence-corrected chi connectivity index (χ2v) is 9.32. The molecule has 1 aliphatic carbocycles. The van der Waals surface area contributed by atoms with E-state index in [1.165, 1.54) is 23.7 Å². The van der Waals surface area contributed by atoms with Crippen LogP contribution < -0.4 is 9.63 Å². The van der Waals surface area contributed by atoms with E-state index in [1.54, 1.807) is 24.0 Å². The number of pyridine rings is 1. The van der Waals surface area contributed by atoms with Gasteiger partial charge in [0.1, 0.15) is 10.0 Å². The van der Waals surface area contributed by atoms with Crippen molar-refractivity contribution in [3.8, 4) is 10.6 Å². The molecule has 3 rings (SSSR count). The number of hydrogen-bond acceptors (Lipinski definition) is 5. The molecule has 0 spiro atoms. The van der Waals surface area contributed by atoms with Crippen LogP contribution in [-0.4, -0.2) is 39.1 Å². The van der Waals surface area contributed by atoms with Crippen LogP contribution in [0, 0.1) is 18.0 Å². The molecule has 0 saturated heterocycles. The zero-order valence-electron chi connectivity index (χ0n) is 15.6. The van der Waals surface area contributed by atoms with E-state index in [4.69, 9.17) is 0 Å². The lowest BCUT2D eigenvalue weighted by atomic mass is 10.3. The lowest BCUT2D eigenvalue weighted by molar-refractivity contribution is -0.604. The summed E-state index contributed by atoms with van der Waals surface area (Å²) in [7, 11) is -1.44. The maximum absolute atomic E-state index is 12.9. The minimum absolute atomic E-state index is 0.0251. The molecule has 2 unspecified atom stereocenters. The van der Waals surface area contributed by atoms with Crippen molar-refractivity contribution in [1.29, 1.82) is 0 Å². The molecule has 28 heavy (non-hydrogen) atoms. The predicted molar refractivity (Wildman–Crippen MR) is 105 cm³/mol. The van der Waals surface area contributed by atoms with Gasteiger partial charge in [-0.3, -0.25) is 9.00 Å². The maximum atomic E-state index is 12.9. The third-order valence-electron chi connectivity index (χ3n) is 4.54. The van der Waals surface area contributed by atoms with Crippen molar-refractivity contribution in [2.24, 2.45) is 5.92 Å². The summed E-state index contributed by atoms with van der Waals surface area (Å²) in [6, 6.07) is 3.39. The fourth-order valence-corrected chi connectivity index (χ4v) is 5.39. The van der Waals surface area contributed by atoms with Crippen LogP contribution in [0.1, 0.15) is 25.5 Å². The zero-order chi connectivity index (χ0) is 20.5. The molecule has 0 aromatic carbocycles. The van der Waals surface area contributed by atoms with E-state index in [-0.39, 0.29) is 30.3 Å². The van der Waals surface area contributed by atoms with Crippen molar-refractivity contribution in [2.75, 3.05) is 23.0 Å². The highest BCUT2D eigenvalue weighted by Crippen LogP contribution is 2.48. The molecule has 0 bridgehead atoms. The number of rotatable bonds is 8. The summed E-state index contributed by atoms with van der Waals surface area (Å²) in [5.41, 5.74) is 1.32. The standard InChI is InChI=1S/C18H21F2N3O3S2/c1-3-23(15(24)6-8-28(26)11-14-9-18(14,19)20)17-12(2)21-16(27-17)13-5-4-7-22(25)10-13/h4-5,7,10,14H,3,6,8-9,11H2,1-2H3. The molecule has 1 aliphatic rings. The number of aromatic nitrogens is 2. The van der Waals surface area contributed by atoms with Crippen LogP contribution >= 0.6 is 11.3 Å². The highest BCUT2D eigenvalue weighted by atomic mass is 32.2. The topological polar surface area (TPSA) is 77.2 Å². The van der Waals surface area contributed by atoms with Gasteiger partial charge in [0.05, 0.1) is 11.3 Å². The number of thiazole rings is 1. The number of nitrogens with zero attached hydrogens (tertiary/aromatic N) is 3. The largest absolute Gasteiger partial charge is 0.619 e. The first-order valence-electron chi connectivity index (χ1n) is 8.91. The molecule has 1 fully saturated rings. The van der Waals surface area contributed by atoms with Crippen molar-refractivity contribution < 1.29 is 22.5 Å². The molecule has 0 aliphatic heterocycles. The molecule has 2 aromatic rings. The van der Waals surface area contributed by atoms with Gasteiger partial charge >= 0.3 is 0 Å². The Bertz CT molecular complexity index is 904. The Morgan fingerprint density at radius 3 is 2.86 bits per heavy atom. The lowest BCUT2D eigenvalue weighted by Crippen LogP contribution is -2.31. The van der Waals surface area contributed by atoms with Crippen molar-refractivity contribution in [1.82, 2.24) is 4.98 Å². The molecule has 2 heterocycles. The third-order valence-corrected chi connectivity index (χ3v) is 7.21. The number of carbonyl (C=O) groups excluding carboxylic acids is 1. The number of aryl methyl sites for hydroxylation is 1. The Labute approximate surface area is 168 Å². The highest BCUT2D eigenvalue weighted by molar-refractivity contribution is 7.85. The molecular weight excluding hydrogens is 408 g/mol. The van der Waals surface area contributed by atoms with Gasteiger partial charge in [-0.05, 0) is 19.9 Å². The Kier molecular flexibility index (Phi) is 6.09. The van der Waals surface area contributed by atoms with E-state index < -0.39 is 22.6 Å². The summed E-state index contributed by atoms with van der Waals surface area (Å²) >= 11 is 1.30. The quantitative estimate of drug-likeness (QED) is 0.478. The van der Waals surface area contributed by atoms with Crippen LogP contribution in [0.5, 0.6) is 0 Å². The first-order chi connectivity index (χ1) is 13.2. The number of hydrogen-bond donors (Lipinski definition) is 0. The van der Waals surface area contributed by atoms with E-state index in [9.17, 15) is 23.0 Å². The maximum Gasteiger partial charge on any atom is 0.252 e. The number of halogens is 2. The molecular formula is C18H21F2N3O3S2. The molecule has 2 atom stereocenters. The van der Waals surface area contributed by atoms with Crippen molar-refractivity contribution in [2.45, 2.75) is 32.6 Å². The minimum atomic E-state index is -2.69. The van der Waals surface area contributed by atoms with Crippen LogP contribution in [-0.2, 0) is 15.6 Å². The number of alkyl halides is 2. The van der Waals surface area contributed by atoms with Crippen molar-refractivity contribution in [3.05, 3.63) is 35.4 Å². The normalized spacial score (nSPS) is 18.6. The predicted octanol–water partition coefficient (Wildman–Crippen LogP) is 2.90. The fraction of sp³-hybridized carbons (Fsp3) is 0.500. The highest BCUT2D eigenvalue weighted by Gasteiger charge is 2.57. The molecule has 0 N–H and O–H groups in total. The van der Waals surface area contributed by atoms with Gasteiger partial charge < -0.3 is 10.1 Å². The van der Waals surface area contributed by atoms with Crippen LogP contribution in [0.15, 0.2) is 24.5 Å². The van der Waals surface area contributed by atoms with Gasteiger partial charge in [0, 0.05) is 53.7 Å². The summed E-state index contributed by atoms with van der Waals surface area (Å²) in [5.74, 6) is -3.71. The first kappa shape index (κ1) is 20.8. The van der Waals surface area contributed by atoms with Gasteiger partial charge in [-0.15, -0.1) is 0 Å². The summed E-state index contributed by atoms with van der Waals surface area (Å²) in [4.78, 5) is 18.7. The third kappa shape index (κ3) is 4.72. The molecule has 2 aromatic heterocycles. The number of carbonyl (C=O) groups is 1. The number of anilines is 1. The molecule has 152 valence electrons. The monoisotopic (exact) mass is 429 g/mol. The Morgan fingerprint density at radius 2 is 2.25 bits per heavy atom. The Balaban J connectivity index is 1.65. The van der Waals surface area contributed by atoms with Crippen LogP contribution in [0.25, 0.3) is 10.6 Å². The van der Waals surface area contributed by atoms with Gasteiger partial charge in [-0.25, -0.2) is 13.8 Å². The Morgan fingerprint density at radius 1 is 1.54 bits per heavy atom. The van der Waals surface area contributed by atoms with Gasteiger partial charge in [0.2, 0.25) is 5.91 Å². The second kappa shape index (κ2) is 8.20. The van der Waals surface area contributed by atoms with Gasteiger partial charge in [0.15, 0.2) is 12.4 Å². The van der Waals surface area contributed by atoms with Crippen LogP contribution in [0.4, 0.5) is 13.8 Å².